The van der Waals surface area contributed by atoms with Crippen LogP contribution >= 0.6 is 0 Å². The van der Waals surface area contributed by atoms with Crippen molar-refractivity contribution in [1.82, 2.24) is 0 Å². The summed E-state index contributed by atoms with van der Waals surface area (Å²) < 4.78 is 0. The fourth-order valence-electron chi connectivity index (χ4n) is 3.27. The smallest absolute Gasteiger partial charge is 0.0105 e. The van der Waals surface area contributed by atoms with Crippen molar-refractivity contribution >= 4 is 23.3 Å². The summed E-state index contributed by atoms with van der Waals surface area (Å²) in [6.45, 7) is 3.87. The van der Waals surface area contributed by atoms with Gasteiger partial charge in [-0.15, -0.1) is 0 Å². The van der Waals surface area contributed by atoms with E-state index >= 15 is 0 Å². The van der Waals surface area contributed by atoms with Crippen LogP contribution in [0.3, 0.4) is 0 Å². The minimum absolute atomic E-state index is 1.13. The zero-order valence-electron chi connectivity index (χ0n) is 14.6. The zero-order valence-corrected chi connectivity index (χ0v) is 14.6. The maximum absolute atomic E-state index is 3.87. The van der Waals surface area contributed by atoms with E-state index in [2.05, 4.69) is 110 Å². The highest BCUT2D eigenvalue weighted by Crippen LogP contribution is 2.37. The second kappa shape index (κ2) is 7.25. The molecule has 0 bridgehead atoms. The van der Waals surface area contributed by atoms with Crippen molar-refractivity contribution in [2.45, 2.75) is 0 Å². The zero-order chi connectivity index (χ0) is 17.8. The maximum Gasteiger partial charge on any atom is -0.0105 e. The molecule has 0 saturated carbocycles. The number of allylic oxidation sites excluding steroid dienone is 5. The number of rotatable bonds is 4. The Labute approximate surface area is 155 Å². The summed E-state index contributed by atoms with van der Waals surface area (Å²) in [6, 6.07) is 29.6. The van der Waals surface area contributed by atoms with Gasteiger partial charge in [-0.05, 0) is 63.3 Å². The molecule has 3 aromatic carbocycles. The van der Waals surface area contributed by atoms with Gasteiger partial charge < -0.3 is 0 Å². The van der Waals surface area contributed by atoms with Crippen LogP contribution in [0, 0.1) is 0 Å². The van der Waals surface area contributed by atoms with Crippen LogP contribution in [0.1, 0.15) is 22.3 Å². The van der Waals surface area contributed by atoms with E-state index in [9.17, 15) is 0 Å². The van der Waals surface area contributed by atoms with Crippen molar-refractivity contribution in [2.24, 2.45) is 0 Å². The van der Waals surface area contributed by atoms with Crippen LogP contribution in [0.15, 0.2) is 109 Å². The van der Waals surface area contributed by atoms with Gasteiger partial charge in [-0.1, -0.05) is 91.5 Å². The van der Waals surface area contributed by atoms with Crippen molar-refractivity contribution in [3.05, 3.63) is 131 Å². The molecule has 0 unspecified atom stereocenters. The van der Waals surface area contributed by atoms with Crippen LogP contribution in [0.5, 0.6) is 0 Å². The first-order valence-electron chi connectivity index (χ1n) is 8.82. The second-order valence-electron chi connectivity index (χ2n) is 6.36. The molecule has 0 amide bonds. The summed E-state index contributed by atoms with van der Waals surface area (Å²) in [4.78, 5) is 0. The molecule has 0 heterocycles. The van der Waals surface area contributed by atoms with E-state index in [1.54, 1.807) is 0 Å². The average molecular weight is 332 g/mol. The molecular weight excluding hydrogens is 312 g/mol. The molecule has 124 valence electrons. The quantitative estimate of drug-likeness (QED) is 0.488. The predicted molar refractivity (Wildman–Crippen MR) is 113 cm³/mol. The van der Waals surface area contributed by atoms with E-state index in [-0.39, 0.29) is 0 Å². The molecule has 1 aliphatic carbocycles. The molecule has 0 radical (unpaired) electrons. The van der Waals surface area contributed by atoms with Gasteiger partial charge in [0.05, 0.1) is 0 Å². The maximum atomic E-state index is 3.87. The molecule has 0 aromatic heterocycles. The summed E-state index contributed by atoms with van der Waals surface area (Å²) in [5.41, 5.74) is 8.53. The molecule has 0 nitrogen and oxygen atoms in total. The minimum atomic E-state index is 1.13. The van der Waals surface area contributed by atoms with Crippen LogP contribution < -0.4 is 0 Å². The topological polar surface area (TPSA) is 0 Å². The molecule has 0 spiro atoms. The second-order valence-corrected chi connectivity index (χ2v) is 6.36. The molecule has 3 aromatic rings. The normalized spacial score (nSPS) is 14.8. The Morgan fingerprint density at radius 1 is 0.615 bits per heavy atom. The van der Waals surface area contributed by atoms with Gasteiger partial charge in [0.2, 0.25) is 0 Å². The number of hydrogen-bond donors (Lipinski definition) is 0. The largest absolute Gasteiger partial charge is 0.0985 e. The van der Waals surface area contributed by atoms with E-state index in [0.717, 1.165) is 5.56 Å². The first kappa shape index (κ1) is 16.1. The Balaban J connectivity index is 1.82. The van der Waals surface area contributed by atoms with E-state index in [1.165, 1.54) is 33.4 Å². The molecule has 0 fully saturated rings. The molecular formula is C26H20. The fraction of sp³-hybridized carbons (Fsp3) is 0. The van der Waals surface area contributed by atoms with Crippen LogP contribution in [0.2, 0.25) is 0 Å². The molecule has 0 heteroatoms. The molecule has 0 aliphatic heterocycles. The standard InChI is InChI=1S/C26H20/c1-2-20-10-9-11-21(16-20)17-25-18-24(22-12-5-3-6-13-22)19-26(25)23-14-7-4-8-15-23/h2-19H,1H2/b25-17+. The van der Waals surface area contributed by atoms with Crippen LogP contribution in [-0.2, 0) is 0 Å². The summed E-state index contributed by atoms with van der Waals surface area (Å²) in [6.07, 6.45) is 8.70. The average Bonchev–Trinajstić information content (AvgIpc) is 3.13. The van der Waals surface area contributed by atoms with Crippen molar-refractivity contribution < 1.29 is 0 Å². The van der Waals surface area contributed by atoms with Crippen molar-refractivity contribution in [3.8, 4) is 0 Å². The lowest BCUT2D eigenvalue weighted by Crippen LogP contribution is -1.85. The van der Waals surface area contributed by atoms with E-state index < -0.39 is 0 Å². The van der Waals surface area contributed by atoms with E-state index in [0.29, 0.717) is 0 Å². The third-order valence-electron chi connectivity index (χ3n) is 4.58. The van der Waals surface area contributed by atoms with Crippen molar-refractivity contribution in [3.63, 3.8) is 0 Å². The van der Waals surface area contributed by atoms with Gasteiger partial charge in [-0.25, -0.2) is 0 Å². The van der Waals surface area contributed by atoms with Crippen LogP contribution in [0.25, 0.3) is 23.3 Å². The molecule has 0 saturated heterocycles. The lowest BCUT2D eigenvalue weighted by atomic mass is 9.98. The van der Waals surface area contributed by atoms with E-state index in [1.807, 2.05) is 6.08 Å². The van der Waals surface area contributed by atoms with Crippen LogP contribution in [-0.4, -0.2) is 0 Å². The molecule has 0 N–H and O–H groups in total. The highest BCUT2D eigenvalue weighted by atomic mass is 14.2. The van der Waals surface area contributed by atoms with E-state index in [4.69, 9.17) is 0 Å². The number of benzene rings is 3. The molecule has 4 rings (SSSR count). The molecule has 1 aliphatic rings. The summed E-state index contributed by atoms with van der Waals surface area (Å²) in [5.74, 6) is 0. The first-order chi connectivity index (χ1) is 12.8. The highest BCUT2D eigenvalue weighted by molar-refractivity contribution is 6.02. The Kier molecular flexibility index (Phi) is 4.49. The summed E-state index contributed by atoms with van der Waals surface area (Å²) in [5, 5.41) is 0. The van der Waals surface area contributed by atoms with Gasteiger partial charge >= 0.3 is 0 Å². The van der Waals surface area contributed by atoms with Gasteiger partial charge in [-0.2, -0.15) is 0 Å². The lowest BCUT2D eigenvalue weighted by molar-refractivity contribution is 1.59. The monoisotopic (exact) mass is 332 g/mol. The number of hydrogen-bond acceptors (Lipinski definition) is 0. The van der Waals surface area contributed by atoms with Gasteiger partial charge in [0, 0.05) is 0 Å². The fourth-order valence-corrected chi connectivity index (χ4v) is 3.27. The Morgan fingerprint density at radius 2 is 1.27 bits per heavy atom. The Hall–Kier alpha value is -3.38. The lowest BCUT2D eigenvalue weighted by Gasteiger charge is -2.06. The third-order valence-corrected chi connectivity index (χ3v) is 4.58. The van der Waals surface area contributed by atoms with Gasteiger partial charge in [-0.3, -0.25) is 0 Å². The highest BCUT2D eigenvalue weighted by Gasteiger charge is 2.15. The van der Waals surface area contributed by atoms with Gasteiger partial charge in [0.25, 0.3) is 0 Å². The van der Waals surface area contributed by atoms with Gasteiger partial charge in [0.1, 0.15) is 0 Å². The predicted octanol–water partition coefficient (Wildman–Crippen LogP) is 6.89. The first-order valence-corrected chi connectivity index (χ1v) is 8.82. The molecule has 0 atom stereocenters. The minimum Gasteiger partial charge on any atom is -0.0985 e. The Bertz CT molecular complexity index is 1020. The third kappa shape index (κ3) is 3.36. The van der Waals surface area contributed by atoms with Crippen molar-refractivity contribution in [2.75, 3.05) is 0 Å². The van der Waals surface area contributed by atoms with Crippen molar-refractivity contribution in [1.29, 1.82) is 0 Å². The Morgan fingerprint density at radius 3 is 1.96 bits per heavy atom. The summed E-state index contributed by atoms with van der Waals surface area (Å²) >= 11 is 0. The van der Waals surface area contributed by atoms with Gasteiger partial charge in [0.15, 0.2) is 0 Å². The molecule has 26 heavy (non-hydrogen) atoms. The van der Waals surface area contributed by atoms with Crippen LogP contribution in [0.4, 0.5) is 0 Å². The SMILES string of the molecule is C=Cc1cccc(/C=C2\C=C(c3ccccc3)C=C2c2ccccc2)c1. The summed E-state index contributed by atoms with van der Waals surface area (Å²) in [7, 11) is 0.